The summed E-state index contributed by atoms with van der Waals surface area (Å²) in [4.78, 5) is 11.0. The molecule has 2 heteroatoms. The third-order valence-electron chi connectivity index (χ3n) is 2.33. The number of hydrogen-bond acceptors (Lipinski definition) is 2. The van der Waals surface area contributed by atoms with Gasteiger partial charge in [-0.1, -0.05) is 17.7 Å². The van der Waals surface area contributed by atoms with E-state index in [9.17, 15) is 4.79 Å². The van der Waals surface area contributed by atoms with E-state index in [0.29, 0.717) is 0 Å². The van der Waals surface area contributed by atoms with Gasteiger partial charge in [0, 0.05) is 6.08 Å². The lowest BCUT2D eigenvalue weighted by Gasteiger charge is -2.06. The molecule has 0 aliphatic rings. The van der Waals surface area contributed by atoms with Crippen molar-refractivity contribution in [3.05, 3.63) is 40.5 Å². The molecule has 15 heavy (non-hydrogen) atoms. The SMILES string of the molecule is COC(=O)C=Cc1c(C)cc(C)cc1C. The lowest BCUT2D eigenvalue weighted by Crippen LogP contribution is -1.95. The summed E-state index contributed by atoms with van der Waals surface area (Å²) in [5.74, 6) is -0.325. The largest absolute Gasteiger partial charge is 0.466 e. The highest BCUT2D eigenvalue weighted by Crippen LogP contribution is 2.17. The van der Waals surface area contributed by atoms with E-state index in [1.807, 2.05) is 13.8 Å². The van der Waals surface area contributed by atoms with Gasteiger partial charge in [-0.15, -0.1) is 0 Å². The molecule has 0 atom stereocenters. The Hall–Kier alpha value is -1.57. The van der Waals surface area contributed by atoms with E-state index in [2.05, 4.69) is 23.8 Å². The number of rotatable bonds is 2. The van der Waals surface area contributed by atoms with Crippen molar-refractivity contribution in [1.82, 2.24) is 0 Å². The number of carbonyl (C=O) groups is 1. The highest BCUT2D eigenvalue weighted by atomic mass is 16.5. The number of carbonyl (C=O) groups excluding carboxylic acids is 1. The zero-order valence-electron chi connectivity index (χ0n) is 9.63. The Morgan fingerprint density at radius 1 is 1.20 bits per heavy atom. The molecule has 80 valence electrons. The van der Waals surface area contributed by atoms with E-state index in [1.165, 1.54) is 29.9 Å². The van der Waals surface area contributed by atoms with E-state index in [-0.39, 0.29) is 5.97 Å². The molecule has 0 aromatic heterocycles. The minimum Gasteiger partial charge on any atom is -0.466 e. The zero-order valence-corrected chi connectivity index (χ0v) is 9.63. The van der Waals surface area contributed by atoms with Gasteiger partial charge in [0.05, 0.1) is 7.11 Å². The first-order valence-corrected chi connectivity index (χ1v) is 4.88. The lowest BCUT2D eigenvalue weighted by molar-refractivity contribution is -0.134. The van der Waals surface area contributed by atoms with Gasteiger partial charge >= 0.3 is 5.97 Å². The van der Waals surface area contributed by atoms with E-state index < -0.39 is 0 Å². The smallest absolute Gasteiger partial charge is 0.330 e. The minimum atomic E-state index is -0.325. The summed E-state index contributed by atoms with van der Waals surface area (Å²) in [7, 11) is 1.38. The van der Waals surface area contributed by atoms with Gasteiger partial charge < -0.3 is 4.74 Å². The summed E-state index contributed by atoms with van der Waals surface area (Å²) in [5, 5.41) is 0. The van der Waals surface area contributed by atoms with Crippen molar-refractivity contribution in [3.8, 4) is 0 Å². The van der Waals surface area contributed by atoms with Crippen LogP contribution in [-0.2, 0) is 9.53 Å². The Bertz CT molecular complexity index is 380. The molecule has 0 heterocycles. The Morgan fingerprint density at radius 2 is 1.73 bits per heavy atom. The van der Waals surface area contributed by atoms with Crippen LogP contribution in [0.25, 0.3) is 6.08 Å². The zero-order chi connectivity index (χ0) is 11.4. The molecule has 2 nitrogen and oxygen atoms in total. The van der Waals surface area contributed by atoms with Crippen molar-refractivity contribution < 1.29 is 9.53 Å². The second kappa shape index (κ2) is 4.78. The van der Waals surface area contributed by atoms with Crippen molar-refractivity contribution in [2.24, 2.45) is 0 Å². The molecule has 0 amide bonds. The van der Waals surface area contributed by atoms with Crippen LogP contribution in [0.3, 0.4) is 0 Å². The van der Waals surface area contributed by atoms with E-state index in [1.54, 1.807) is 6.08 Å². The first kappa shape index (κ1) is 11.5. The highest BCUT2D eigenvalue weighted by molar-refractivity contribution is 5.87. The molecule has 0 saturated heterocycles. The fourth-order valence-corrected chi connectivity index (χ4v) is 1.67. The van der Waals surface area contributed by atoms with Crippen LogP contribution in [0.5, 0.6) is 0 Å². The highest BCUT2D eigenvalue weighted by Gasteiger charge is 2.01. The summed E-state index contributed by atoms with van der Waals surface area (Å²) in [5.41, 5.74) is 4.67. The second-order valence-electron chi connectivity index (χ2n) is 3.67. The second-order valence-corrected chi connectivity index (χ2v) is 3.67. The summed E-state index contributed by atoms with van der Waals surface area (Å²) in [6.07, 6.45) is 3.25. The Labute approximate surface area is 90.6 Å². The summed E-state index contributed by atoms with van der Waals surface area (Å²) >= 11 is 0. The van der Waals surface area contributed by atoms with Crippen molar-refractivity contribution in [1.29, 1.82) is 0 Å². The number of esters is 1. The first-order chi connectivity index (χ1) is 7.04. The van der Waals surface area contributed by atoms with Crippen LogP contribution < -0.4 is 0 Å². The summed E-state index contributed by atoms with van der Waals surface area (Å²) in [6.45, 7) is 6.14. The molecule has 0 spiro atoms. The monoisotopic (exact) mass is 204 g/mol. The molecule has 0 aliphatic heterocycles. The minimum absolute atomic E-state index is 0.325. The lowest BCUT2D eigenvalue weighted by atomic mass is 9.99. The van der Waals surface area contributed by atoms with Crippen molar-refractivity contribution >= 4 is 12.0 Å². The number of methoxy groups -OCH3 is 1. The maximum absolute atomic E-state index is 11.0. The number of hydrogen-bond donors (Lipinski definition) is 0. The molecule has 0 aliphatic carbocycles. The van der Waals surface area contributed by atoms with E-state index in [0.717, 1.165) is 5.56 Å². The van der Waals surface area contributed by atoms with Crippen LogP contribution in [0, 0.1) is 20.8 Å². The molecule has 0 bridgehead atoms. The summed E-state index contributed by atoms with van der Waals surface area (Å²) < 4.78 is 4.55. The Morgan fingerprint density at radius 3 is 2.20 bits per heavy atom. The molecule has 0 saturated carbocycles. The molecule has 0 unspecified atom stereocenters. The van der Waals surface area contributed by atoms with Crippen molar-refractivity contribution in [2.75, 3.05) is 7.11 Å². The number of ether oxygens (including phenoxy) is 1. The Balaban J connectivity index is 3.05. The molecular formula is C13H16O2. The molecule has 0 radical (unpaired) electrons. The molecule has 1 aromatic carbocycles. The van der Waals surface area contributed by atoms with E-state index >= 15 is 0 Å². The van der Waals surface area contributed by atoms with Crippen LogP contribution in [0.1, 0.15) is 22.3 Å². The maximum Gasteiger partial charge on any atom is 0.330 e. The summed E-state index contributed by atoms with van der Waals surface area (Å²) in [6, 6.07) is 4.20. The number of aryl methyl sites for hydroxylation is 3. The molecular weight excluding hydrogens is 188 g/mol. The van der Waals surface area contributed by atoms with Crippen LogP contribution in [0.4, 0.5) is 0 Å². The standard InChI is InChI=1S/C13H16O2/c1-9-7-10(2)12(11(3)8-9)5-6-13(14)15-4/h5-8H,1-4H3. The molecule has 1 aromatic rings. The van der Waals surface area contributed by atoms with Crippen LogP contribution >= 0.6 is 0 Å². The predicted molar refractivity (Wildman–Crippen MR) is 61.7 cm³/mol. The maximum atomic E-state index is 11.0. The van der Waals surface area contributed by atoms with Gasteiger partial charge in [-0.25, -0.2) is 4.79 Å². The van der Waals surface area contributed by atoms with Crippen LogP contribution in [0.2, 0.25) is 0 Å². The first-order valence-electron chi connectivity index (χ1n) is 4.88. The quantitative estimate of drug-likeness (QED) is 0.547. The van der Waals surface area contributed by atoms with Crippen LogP contribution in [0.15, 0.2) is 18.2 Å². The third kappa shape index (κ3) is 2.94. The third-order valence-corrected chi connectivity index (χ3v) is 2.33. The van der Waals surface area contributed by atoms with Gasteiger partial charge in [-0.3, -0.25) is 0 Å². The number of benzene rings is 1. The van der Waals surface area contributed by atoms with Crippen molar-refractivity contribution in [2.45, 2.75) is 20.8 Å². The normalized spacial score (nSPS) is 10.7. The topological polar surface area (TPSA) is 26.3 Å². The molecule has 1 rings (SSSR count). The van der Waals surface area contributed by atoms with Crippen molar-refractivity contribution in [3.63, 3.8) is 0 Å². The average molecular weight is 204 g/mol. The van der Waals surface area contributed by atoms with E-state index in [4.69, 9.17) is 0 Å². The predicted octanol–water partition coefficient (Wildman–Crippen LogP) is 2.80. The molecule has 0 N–H and O–H groups in total. The van der Waals surface area contributed by atoms with Gasteiger partial charge in [0.1, 0.15) is 0 Å². The average Bonchev–Trinajstić information content (AvgIpc) is 2.15. The van der Waals surface area contributed by atoms with Gasteiger partial charge in [-0.05, 0) is 43.5 Å². The van der Waals surface area contributed by atoms with Crippen LogP contribution in [-0.4, -0.2) is 13.1 Å². The van der Waals surface area contributed by atoms with Gasteiger partial charge in [0.15, 0.2) is 0 Å². The van der Waals surface area contributed by atoms with Gasteiger partial charge in [0.25, 0.3) is 0 Å². The fourth-order valence-electron chi connectivity index (χ4n) is 1.67. The molecule has 0 fully saturated rings. The Kier molecular flexibility index (Phi) is 3.67. The fraction of sp³-hybridized carbons (Fsp3) is 0.308. The van der Waals surface area contributed by atoms with Gasteiger partial charge in [0.2, 0.25) is 0 Å². The van der Waals surface area contributed by atoms with Gasteiger partial charge in [-0.2, -0.15) is 0 Å².